The first-order chi connectivity index (χ1) is 11.1. The lowest BCUT2D eigenvalue weighted by Gasteiger charge is -2.28. The van der Waals surface area contributed by atoms with Gasteiger partial charge in [-0.05, 0) is 30.0 Å². The molecule has 3 rings (SSSR count). The van der Waals surface area contributed by atoms with Crippen LogP contribution in [-0.4, -0.2) is 17.9 Å². The minimum Gasteiger partial charge on any atom is -0.536 e. The molecule has 0 bridgehead atoms. The molecule has 0 saturated carbocycles. The van der Waals surface area contributed by atoms with E-state index in [1.807, 2.05) is 55.5 Å². The Morgan fingerprint density at radius 3 is 2.78 bits per heavy atom. The van der Waals surface area contributed by atoms with Crippen LogP contribution in [-0.2, 0) is 11.2 Å². The standard InChI is InChI=1S/C18H20BNO3/c1-12-6-5-9-14-10-15(19(22)23-18(12)14)11-16(21)17(20)13-7-3-2-4-8-13/h2-9,15,17,22H,10-11,20H2,1H3/t15-,17+/m1/s1. The average Bonchev–Trinajstić information content (AvgIpc) is 2.56. The van der Waals surface area contributed by atoms with Crippen LogP contribution >= 0.6 is 0 Å². The molecule has 0 spiro atoms. The van der Waals surface area contributed by atoms with Crippen LogP contribution in [0.4, 0.5) is 0 Å². The number of hydrogen-bond donors (Lipinski definition) is 2. The highest BCUT2D eigenvalue weighted by Crippen LogP contribution is 2.36. The molecule has 0 amide bonds. The van der Waals surface area contributed by atoms with Crippen LogP contribution in [0, 0.1) is 6.92 Å². The maximum absolute atomic E-state index is 12.4. The van der Waals surface area contributed by atoms with Crippen LogP contribution in [0.25, 0.3) is 0 Å². The van der Waals surface area contributed by atoms with Crippen molar-refractivity contribution < 1.29 is 14.5 Å². The first-order valence-electron chi connectivity index (χ1n) is 7.82. The van der Waals surface area contributed by atoms with Gasteiger partial charge in [0.15, 0.2) is 5.78 Å². The number of Topliss-reactive ketones (excluding diaryl/α,β-unsaturated/α-hetero) is 1. The van der Waals surface area contributed by atoms with Gasteiger partial charge in [-0.1, -0.05) is 48.5 Å². The minimum absolute atomic E-state index is 0.0834. The van der Waals surface area contributed by atoms with Crippen molar-refractivity contribution in [3.05, 3.63) is 65.2 Å². The first-order valence-corrected chi connectivity index (χ1v) is 7.82. The molecule has 0 unspecified atom stereocenters. The van der Waals surface area contributed by atoms with E-state index in [1.54, 1.807) is 0 Å². The molecule has 1 aliphatic rings. The summed E-state index contributed by atoms with van der Waals surface area (Å²) in [5, 5.41) is 10.2. The van der Waals surface area contributed by atoms with E-state index in [-0.39, 0.29) is 18.0 Å². The zero-order valence-electron chi connectivity index (χ0n) is 13.1. The molecule has 2 aromatic rings. The minimum atomic E-state index is -0.976. The van der Waals surface area contributed by atoms with Crippen molar-refractivity contribution in [1.82, 2.24) is 0 Å². The van der Waals surface area contributed by atoms with Gasteiger partial charge in [0.2, 0.25) is 0 Å². The largest absolute Gasteiger partial charge is 0.536 e. The Morgan fingerprint density at radius 1 is 1.30 bits per heavy atom. The second-order valence-corrected chi connectivity index (χ2v) is 6.09. The fourth-order valence-electron chi connectivity index (χ4n) is 3.05. The van der Waals surface area contributed by atoms with Crippen molar-refractivity contribution >= 4 is 12.9 Å². The normalized spacial score (nSPS) is 18.0. The van der Waals surface area contributed by atoms with E-state index in [0.29, 0.717) is 6.42 Å². The van der Waals surface area contributed by atoms with E-state index in [2.05, 4.69) is 0 Å². The van der Waals surface area contributed by atoms with Gasteiger partial charge in [-0.3, -0.25) is 4.79 Å². The van der Waals surface area contributed by atoms with Gasteiger partial charge in [-0.2, -0.15) is 0 Å². The predicted octanol–water partition coefficient (Wildman–Crippen LogP) is 2.44. The van der Waals surface area contributed by atoms with Crippen molar-refractivity contribution in [3.63, 3.8) is 0 Å². The van der Waals surface area contributed by atoms with Gasteiger partial charge in [-0.15, -0.1) is 0 Å². The molecule has 0 saturated heterocycles. The van der Waals surface area contributed by atoms with Crippen LogP contribution in [0.15, 0.2) is 48.5 Å². The Morgan fingerprint density at radius 2 is 2.04 bits per heavy atom. The molecule has 118 valence electrons. The van der Waals surface area contributed by atoms with Gasteiger partial charge in [0.1, 0.15) is 5.75 Å². The van der Waals surface area contributed by atoms with Gasteiger partial charge in [0.25, 0.3) is 0 Å². The Hall–Kier alpha value is -2.11. The molecular weight excluding hydrogens is 289 g/mol. The smallest absolute Gasteiger partial charge is 0.526 e. The molecule has 4 nitrogen and oxygen atoms in total. The van der Waals surface area contributed by atoms with Crippen molar-refractivity contribution in [2.75, 3.05) is 0 Å². The Bertz CT molecular complexity index is 705. The second kappa shape index (κ2) is 6.56. The van der Waals surface area contributed by atoms with Crippen molar-refractivity contribution in [2.45, 2.75) is 31.6 Å². The zero-order chi connectivity index (χ0) is 16.4. The second-order valence-electron chi connectivity index (χ2n) is 6.09. The summed E-state index contributed by atoms with van der Waals surface area (Å²) in [5.41, 5.74) is 8.86. The molecule has 0 fully saturated rings. The summed E-state index contributed by atoms with van der Waals surface area (Å²) in [7, 11) is -0.976. The lowest BCUT2D eigenvalue weighted by molar-refractivity contribution is -0.120. The third-order valence-corrected chi connectivity index (χ3v) is 4.39. The number of ketones is 1. The quantitative estimate of drug-likeness (QED) is 0.851. The monoisotopic (exact) mass is 309 g/mol. The fourth-order valence-corrected chi connectivity index (χ4v) is 3.05. The Labute approximate surface area is 136 Å². The highest BCUT2D eigenvalue weighted by atomic mass is 16.5. The zero-order valence-corrected chi connectivity index (χ0v) is 13.1. The number of hydrogen-bond acceptors (Lipinski definition) is 4. The SMILES string of the molecule is Cc1cccc2c1OB(O)[C@@H](CC(=O)[C@@H](N)c1ccccc1)C2. The maximum Gasteiger partial charge on any atom is 0.526 e. The summed E-state index contributed by atoms with van der Waals surface area (Å²) in [5.74, 6) is 0.377. The molecule has 0 radical (unpaired) electrons. The van der Waals surface area contributed by atoms with Crippen LogP contribution in [0.2, 0.25) is 5.82 Å². The van der Waals surface area contributed by atoms with Gasteiger partial charge in [-0.25, -0.2) is 0 Å². The molecule has 2 aromatic carbocycles. The number of aryl methyl sites for hydroxylation is 1. The molecule has 0 aromatic heterocycles. The molecule has 1 heterocycles. The van der Waals surface area contributed by atoms with Crippen molar-refractivity contribution in [2.24, 2.45) is 5.73 Å². The summed E-state index contributed by atoms with van der Waals surface area (Å²) < 4.78 is 5.62. The lowest BCUT2D eigenvalue weighted by atomic mass is 9.64. The fraction of sp³-hybridized carbons (Fsp3) is 0.278. The third kappa shape index (κ3) is 3.31. The molecule has 23 heavy (non-hydrogen) atoms. The van der Waals surface area contributed by atoms with Crippen LogP contribution in [0.3, 0.4) is 0 Å². The third-order valence-electron chi connectivity index (χ3n) is 4.39. The van der Waals surface area contributed by atoms with E-state index in [4.69, 9.17) is 10.4 Å². The Balaban J connectivity index is 1.72. The molecule has 0 aliphatic carbocycles. The van der Waals surface area contributed by atoms with Crippen LogP contribution in [0.5, 0.6) is 5.75 Å². The van der Waals surface area contributed by atoms with Crippen molar-refractivity contribution in [3.8, 4) is 5.75 Å². The van der Waals surface area contributed by atoms with Crippen molar-refractivity contribution in [1.29, 1.82) is 0 Å². The molecule has 3 N–H and O–H groups in total. The summed E-state index contributed by atoms with van der Waals surface area (Å²) >= 11 is 0. The number of rotatable bonds is 4. The number of nitrogens with two attached hydrogens (primary N) is 1. The van der Waals surface area contributed by atoms with E-state index >= 15 is 0 Å². The number of fused-ring (bicyclic) bond motifs is 1. The maximum atomic E-state index is 12.4. The molecule has 1 aliphatic heterocycles. The number of benzene rings is 2. The highest BCUT2D eigenvalue weighted by Gasteiger charge is 2.37. The first kappa shape index (κ1) is 15.8. The molecular formula is C18H20BNO3. The Kier molecular flexibility index (Phi) is 4.50. The summed E-state index contributed by atoms with van der Waals surface area (Å²) in [6.45, 7) is 1.95. The van der Waals surface area contributed by atoms with Gasteiger partial charge in [0.05, 0.1) is 6.04 Å². The number of carbonyl (C=O) groups excluding carboxylic acids is 1. The molecule has 5 heteroatoms. The highest BCUT2D eigenvalue weighted by molar-refractivity contribution is 6.46. The van der Waals surface area contributed by atoms with Gasteiger partial charge >= 0.3 is 7.12 Å². The van der Waals surface area contributed by atoms with Crippen LogP contribution in [0.1, 0.15) is 29.2 Å². The summed E-state index contributed by atoms with van der Waals surface area (Å²) in [6.07, 6.45) is 0.816. The van der Waals surface area contributed by atoms with Crippen LogP contribution < -0.4 is 10.4 Å². The van der Waals surface area contributed by atoms with Gasteiger partial charge in [0, 0.05) is 12.2 Å². The lowest BCUT2D eigenvalue weighted by Crippen LogP contribution is -2.36. The van der Waals surface area contributed by atoms with E-state index in [9.17, 15) is 9.82 Å². The average molecular weight is 309 g/mol. The summed E-state index contributed by atoms with van der Waals surface area (Å²) in [4.78, 5) is 12.4. The molecule has 2 atom stereocenters. The van der Waals surface area contributed by atoms with E-state index in [0.717, 1.165) is 22.4 Å². The predicted molar refractivity (Wildman–Crippen MR) is 90.2 cm³/mol. The summed E-state index contributed by atoms with van der Waals surface area (Å²) in [6, 6.07) is 14.5. The topological polar surface area (TPSA) is 72.5 Å². The number of para-hydroxylation sites is 1. The number of carbonyl (C=O) groups is 1. The van der Waals surface area contributed by atoms with Gasteiger partial charge < -0.3 is 15.4 Å². The van der Waals surface area contributed by atoms with E-state index < -0.39 is 13.2 Å². The van der Waals surface area contributed by atoms with E-state index in [1.165, 1.54) is 0 Å².